The molecule has 0 heterocycles. The van der Waals surface area contributed by atoms with E-state index in [2.05, 4.69) is 0 Å². The van der Waals surface area contributed by atoms with Crippen LogP contribution in [-0.2, 0) is 6.61 Å². The first-order valence-electron chi connectivity index (χ1n) is 4.83. The van der Waals surface area contributed by atoms with E-state index < -0.39 is 6.10 Å². The number of rotatable bonds is 2. The lowest BCUT2D eigenvalue weighted by Crippen LogP contribution is -2.17. The Balaban J connectivity index is 2.95. The van der Waals surface area contributed by atoms with Crippen molar-refractivity contribution in [3.05, 3.63) is 35.4 Å². The Morgan fingerprint density at radius 2 is 1.93 bits per heavy atom. The third kappa shape index (κ3) is 2.56. The number of hydrogen-bond acceptors (Lipinski definition) is 2. The van der Waals surface area contributed by atoms with Gasteiger partial charge in [-0.25, -0.2) is 0 Å². The van der Waals surface area contributed by atoms with E-state index in [9.17, 15) is 5.11 Å². The van der Waals surface area contributed by atoms with Gasteiger partial charge < -0.3 is 10.2 Å². The molecule has 0 amide bonds. The number of aliphatic hydroxyl groups excluding tert-OH is 2. The Morgan fingerprint density at radius 1 is 1.29 bits per heavy atom. The highest BCUT2D eigenvalue weighted by Crippen LogP contribution is 2.32. The minimum Gasteiger partial charge on any atom is -0.392 e. The van der Waals surface area contributed by atoms with E-state index in [1.54, 1.807) is 0 Å². The van der Waals surface area contributed by atoms with Crippen LogP contribution in [0.25, 0.3) is 0 Å². The third-order valence-electron chi connectivity index (χ3n) is 2.27. The first kappa shape index (κ1) is 11.2. The van der Waals surface area contributed by atoms with Gasteiger partial charge in [-0.1, -0.05) is 45.0 Å². The van der Waals surface area contributed by atoms with Crippen LogP contribution in [0.2, 0.25) is 0 Å². The molecule has 1 unspecified atom stereocenters. The Labute approximate surface area is 85.2 Å². The Bertz CT molecular complexity index is 299. The lowest BCUT2D eigenvalue weighted by atomic mass is 9.84. The van der Waals surface area contributed by atoms with Gasteiger partial charge in [-0.3, -0.25) is 0 Å². The molecule has 2 heteroatoms. The second-order valence-corrected chi connectivity index (χ2v) is 4.67. The molecule has 0 aliphatic heterocycles. The first-order valence-corrected chi connectivity index (χ1v) is 4.83. The topological polar surface area (TPSA) is 40.5 Å². The van der Waals surface area contributed by atoms with E-state index in [4.69, 9.17) is 5.11 Å². The minimum absolute atomic E-state index is 0.0186. The quantitative estimate of drug-likeness (QED) is 0.758. The van der Waals surface area contributed by atoms with Crippen molar-refractivity contribution in [2.75, 3.05) is 0 Å². The smallest absolute Gasteiger partial charge is 0.0838 e. The molecule has 2 nitrogen and oxygen atoms in total. The molecule has 0 radical (unpaired) electrons. The molecule has 0 saturated carbocycles. The van der Waals surface area contributed by atoms with Crippen molar-refractivity contribution in [3.8, 4) is 0 Å². The van der Waals surface area contributed by atoms with Gasteiger partial charge in [-0.05, 0) is 16.5 Å². The molecule has 2 N–H and O–H groups in total. The van der Waals surface area contributed by atoms with Gasteiger partial charge >= 0.3 is 0 Å². The average Bonchev–Trinajstić information content (AvgIpc) is 2.15. The molecule has 14 heavy (non-hydrogen) atoms. The fourth-order valence-electron chi connectivity index (χ4n) is 1.36. The van der Waals surface area contributed by atoms with Crippen molar-refractivity contribution >= 4 is 0 Å². The summed E-state index contributed by atoms with van der Waals surface area (Å²) in [5.41, 5.74) is 1.53. The van der Waals surface area contributed by atoms with E-state index in [1.807, 2.05) is 45.0 Å². The van der Waals surface area contributed by atoms with Crippen LogP contribution in [0.15, 0.2) is 24.3 Å². The highest BCUT2D eigenvalue weighted by molar-refractivity contribution is 5.25. The van der Waals surface area contributed by atoms with Crippen molar-refractivity contribution in [3.63, 3.8) is 0 Å². The van der Waals surface area contributed by atoms with Crippen LogP contribution in [0.4, 0.5) is 0 Å². The van der Waals surface area contributed by atoms with Crippen molar-refractivity contribution in [2.45, 2.75) is 33.5 Å². The lowest BCUT2D eigenvalue weighted by Gasteiger charge is -2.26. The summed E-state index contributed by atoms with van der Waals surface area (Å²) in [4.78, 5) is 0. The van der Waals surface area contributed by atoms with Gasteiger partial charge in [-0.15, -0.1) is 0 Å². The molecule has 0 fully saturated rings. The largest absolute Gasteiger partial charge is 0.392 e. The zero-order valence-electron chi connectivity index (χ0n) is 8.99. The molecule has 0 bridgehead atoms. The standard InChI is InChI=1S/C12H18O2/c1-12(2,3)11(14)10-6-4-5-9(7-10)8-13/h4-7,11,13-14H,8H2,1-3H3. The summed E-state index contributed by atoms with van der Waals surface area (Å²) in [6, 6.07) is 7.43. The number of aliphatic hydroxyl groups is 2. The number of hydrogen-bond donors (Lipinski definition) is 2. The maximum absolute atomic E-state index is 10.00. The summed E-state index contributed by atoms with van der Waals surface area (Å²) in [7, 11) is 0. The van der Waals surface area contributed by atoms with Gasteiger partial charge in [-0.2, -0.15) is 0 Å². The van der Waals surface area contributed by atoms with E-state index >= 15 is 0 Å². The average molecular weight is 194 g/mol. The van der Waals surface area contributed by atoms with Crippen LogP contribution >= 0.6 is 0 Å². The van der Waals surface area contributed by atoms with Gasteiger partial charge in [0.2, 0.25) is 0 Å². The van der Waals surface area contributed by atoms with Crippen molar-refractivity contribution in [2.24, 2.45) is 5.41 Å². The van der Waals surface area contributed by atoms with Crippen LogP contribution in [0.5, 0.6) is 0 Å². The molecule has 1 rings (SSSR count). The van der Waals surface area contributed by atoms with Crippen molar-refractivity contribution in [1.82, 2.24) is 0 Å². The predicted octanol–water partition coefficient (Wildman–Crippen LogP) is 2.26. The highest BCUT2D eigenvalue weighted by atomic mass is 16.3. The summed E-state index contributed by atoms with van der Waals surface area (Å²) in [5.74, 6) is 0. The van der Waals surface area contributed by atoms with Crippen LogP contribution in [0.1, 0.15) is 38.0 Å². The third-order valence-corrected chi connectivity index (χ3v) is 2.27. The zero-order chi connectivity index (χ0) is 10.8. The molecular weight excluding hydrogens is 176 g/mol. The Kier molecular flexibility index (Phi) is 3.29. The SMILES string of the molecule is CC(C)(C)C(O)c1cccc(CO)c1. The highest BCUT2D eigenvalue weighted by Gasteiger charge is 2.23. The monoisotopic (exact) mass is 194 g/mol. The Hall–Kier alpha value is -0.860. The normalized spacial score (nSPS) is 14.1. The first-order chi connectivity index (χ1) is 6.45. The second kappa shape index (κ2) is 4.11. The molecule has 0 aliphatic rings. The minimum atomic E-state index is -0.492. The van der Waals surface area contributed by atoms with Gasteiger partial charge in [0, 0.05) is 0 Å². The molecule has 0 spiro atoms. The summed E-state index contributed by atoms with van der Waals surface area (Å²) in [6.45, 7) is 5.99. The van der Waals surface area contributed by atoms with Gasteiger partial charge in [0.15, 0.2) is 0 Å². The van der Waals surface area contributed by atoms with Gasteiger partial charge in [0.25, 0.3) is 0 Å². The predicted molar refractivity (Wildman–Crippen MR) is 56.8 cm³/mol. The molecule has 0 aromatic heterocycles. The van der Waals surface area contributed by atoms with Crippen LogP contribution in [-0.4, -0.2) is 10.2 Å². The van der Waals surface area contributed by atoms with Gasteiger partial charge in [0.1, 0.15) is 0 Å². The van der Waals surface area contributed by atoms with Crippen LogP contribution < -0.4 is 0 Å². The summed E-state index contributed by atoms with van der Waals surface area (Å²) in [5, 5.41) is 19.0. The summed E-state index contributed by atoms with van der Waals surface area (Å²) >= 11 is 0. The second-order valence-electron chi connectivity index (χ2n) is 4.67. The summed E-state index contributed by atoms with van der Waals surface area (Å²) < 4.78 is 0. The molecule has 0 aliphatic carbocycles. The zero-order valence-corrected chi connectivity index (χ0v) is 8.99. The fraction of sp³-hybridized carbons (Fsp3) is 0.500. The maximum atomic E-state index is 10.00. The van der Waals surface area contributed by atoms with Crippen LogP contribution in [0.3, 0.4) is 0 Å². The maximum Gasteiger partial charge on any atom is 0.0838 e. The Morgan fingerprint density at radius 3 is 2.43 bits per heavy atom. The molecule has 1 aromatic carbocycles. The molecule has 0 saturated heterocycles. The molecule has 1 atom stereocenters. The molecule has 78 valence electrons. The van der Waals surface area contributed by atoms with E-state index in [0.717, 1.165) is 11.1 Å². The number of benzene rings is 1. The van der Waals surface area contributed by atoms with Crippen LogP contribution in [0, 0.1) is 5.41 Å². The van der Waals surface area contributed by atoms with E-state index in [-0.39, 0.29) is 12.0 Å². The lowest BCUT2D eigenvalue weighted by molar-refractivity contribution is 0.0625. The van der Waals surface area contributed by atoms with Gasteiger partial charge in [0.05, 0.1) is 12.7 Å². The van der Waals surface area contributed by atoms with Crippen molar-refractivity contribution in [1.29, 1.82) is 0 Å². The van der Waals surface area contributed by atoms with E-state index in [0.29, 0.717) is 0 Å². The van der Waals surface area contributed by atoms with Crippen molar-refractivity contribution < 1.29 is 10.2 Å². The molecule has 1 aromatic rings. The summed E-state index contributed by atoms with van der Waals surface area (Å²) in [6.07, 6.45) is -0.492. The molecular formula is C12H18O2. The van der Waals surface area contributed by atoms with E-state index in [1.165, 1.54) is 0 Å². The fourth-order valence-corrected chi connectivity index (χ4v) is 1.36.